The van der Waals surface area contributed by atoms with Gasteiger partial charge in [0.2, 0.25) is 0 Å². The fourth-order valence-corrected chi connectivity index (χ4v) is 6.21. The van der Waals surface area contributed by atoms with Gasteiger partial charge in [-0.25, -0.2) is 4.79 Å². The lowest BCUT2D eigenvalue weighted by molar-refractivity contribution is -0.298. The third kappa shape index (κ3) is 28.1. The van der Waals surface area contributed by atoms with Crippen molar-refractivity contribution in [3.63, 3.8) is 0 Å². The largest absolute Gasteiger partial charge is 0.479 e. The Bertz CT molecular complexity index is 1180. The first-order chi connectivity index (χ1) is 27.7. The minimum atomic E-state index is -1.87. The van der Waals surface area contributed by atoms with Crippen molar-refractivity contribution in [2.75, 3.05) is 13.2 Å². The summed E-state index contributed by atoms with van der Waals surface area (Å²) in [6, 6.07) is 0. The Kier molecular flexibility index (Phi) is 32.8. The smallest absolute Gasteiger partial charge is 0.335 e. The number of carboxylic acid groups (broad SMARTS) is 1. The second kappa shape index (κ2) is 36.0. The molecular weight excluding hydrogens is 728 g/mol. The zero-order valence-corrected chi connectivity index (χ0v) is 35.1. The molecule has 0 aromatic heterocycles. The van der Waals surface area contributed by atoms with Crippen LogP contribution in [0.5, 0.6) is 0 Å². The van der Waals surface area contributed by atoms with Gasteiger partial charge in [0.15, 0.2) is 18.5 Å². The summed E-state index contributed by atoms with van der Waals surface area (Å²) in [5.41, 5.74) is 0. The van der Waals surface area contributed by atoms with E-state index in [9.17, 15) is 34.8 Å². The van der Waals surface area contributed by atoms with Gasteiger partial charge in [-0.1, -0.05) is 158 Å². The molecule has 1 saturated heterocycles. The average Bonchev–Trinajstić information content (AvgIpc) is 3.19. The second-order valence-electron chi connectivity index (χ2n) is 14.8. The summed E-state index contributed by atoms with van der Waals surface area (Å²) in [4.78, 5) is 36.8. The van der Waals surface area contributed by atoms with Crippen molar-refractivity contribution in [3.8, 4) is 0 Å². The normalized spacial score (nSPS) is 20.8. The molecule has 0 aromatic rings. The van der Waals surface area contributed by atoms with Crippen LogP contribution in [-0.2, 0) is 33.3 Å². The van der Waals surface area contributed by atoms with E-state index < -0.39 is 61.3 Å². The van der Waals surface area contributed by atoms with Crippen LogP contribution in [0.25, 0.3) is 0 Å². The predicted octanol–water partition coefficient (Wildman–Crippen LogP) is 9.14. The number of hydrogen-bond donors (Lipinski definition) is 4. The molecule has 1 aliphatic heterocycles. The van der Waals surface area contributed by atoms with Gasteiger partial charge in [-0.15, -0.1) is 0 Å². The van der Waals surface area contributed by atoms with E-state index in [2.05, 4.69) is 68.5 Å². The number of rotatable bonds is 35. The lowest BCUT2D eigenvalue weighted by Crippen LogP contribution is -2.60. The van der Waals surface area contributed by atoms with Gasteiger partial charge in [-0.3, -0.25) is 9.59 Å². The standard InChI is InChI=1S/C46H76O11/c1-3-5-7-9-11-13-15-17-19-20-21-23-24-26-28-30-32-34-39(47)54-36-38(37-55-46-43(51)41(49)42(50)44(57-46)45(52)53)56-40(48)35-33-31-29-27-25-22-18-16-14-12-10-8-6-4-2/h5,7,11,13,17,19,21,23,26,28,38,41-44,46,49-51H,3-4,6,8-10,12,14-16,18,20,22,24-25,27,29-37H2,1-2H3,(H,52,53)/b7-5-,13-11-,19-17-,23-21-,28-26-. The highest BCUT2D eigenvalue weighted by Crippen LogP contribution is 2.23. The molecule has 4 N–H and O–H groups in total. The maximum atomic E-state index is 12.7. The minimum absolute atomic E-state index is 0.156. The zero-order chi connectivity index (χ0) is 41.8. The molecule has 0 bridgehead atoms. The number of hydrogen-bond acceptors (Lipinski definition) is 10. The molecule has 0 saturated carbocycles. The van der Waals surface area contributed by atoms with Crippen molar-refractivity contribution in [2.24, 2.45) is 0 Å². The summed E-state index contributed by atoms with van der Waals surface area (Å²) < 4.78 is 21.7. The van der Waals surface area contributed by atoms with Crippen molar-refractivity contribution in [2.45, 2.75) is 198 Å². The van der Waals surface area contributed by atoms with E-state index in [1.165, 1.54) is 64.2 Å². The Hall–Kier alpha value is -3.09. The van der Waals surface area contributed by atoms with Crippen LogP contribution in [0, 0.1) is 0 Å². The topological polar surface area (TPSA) is 169 Å². The summed E-state index contributed by atoms with van der Waals surface area (Å²) in [5.74, 6) is -2.52. The monoisotopic (exact) mass is 805 g/mol. The molecule has 326 valence electrons. The van der Waals surface area contributed by atoms with Crippen molar-refractivity contribution in [3.05, 3.63) is 60.8 Å². The highest BCUT2D eigenvalue weighted by Gasteiger charge is 2.47. The van der Waals surface area contributed by atoms with Crippen molar-refractivity contribution < 1.29 is 53.8 Å². The Morgan fingerprint density at radius 1 is 0.561 bits per heavy atom. The number of carbonyl (C=O) groups excluding carboxylic acids is 2. The van der Waals surface area contributed by atoms with E-state index in [1.807, 2.05) is 6.08 Å². The fraction of sp³-hybridized carbons (Fsp3) is 0.717. The van der Waals surface area contributed by atoms with Crippen LogP contribution in [0.15, 0.2) is 60.8 Å². The third-order valence-corrected chi connectivity index (χ3v) is 9.63. The molecular formula is C46H76O11. The Morgan fingerprint density at radius 2 is 1.04 bits per heavy atom. The molecule has 11 heteroatoms. The molecule has 1 heterocycles. The van der Waals surface area contributed by atoms with E-state index in [-0.39, 0.29) is 19.4 Å². The predicted molar refractivity (Wildman–Crippen MR) is 224 cm³/mol. The first kappa shape index (κ1) is 51.9. The third-order valence-electron chi connectivity index (χ3n) is 9.63. The van der Waals surface area contributed by atoms with Gasteiger partial charge >= 0.3 is 17.9 Å². The highest BCUT2D eigenvalue weighted by atomic mass is 16.7. The molecule has 1 aliphatic rings. The molecule has 1 fully saturated rings. The molecule has 0 spiro atoms. The summed E-state index contributed by atoms with van der Waals surface area (Å²) in [5, 5.41) is 39.8. The van der Waals surface area contributed by atoms with E-state index in [1.54, 1.807) is 0 Å². The fourth-order valence-electron chi connectivity index (χ4n) is 6.21. The number of carboxylic acids is 1. The molecule has 6 unspecified atom stereocenters. The van der Waals surface area contributed by atoms with Crippen LogP contribution in [0.3, 0.4) is 0 Å². The number of ether oxygens (including phenoxy) is 4. The molecule has 6 atom stereocenters. The number of aliphatic hydroxyl groups excluding tert-OH is 3. The van der Waals surface area contributed by atoms with Crippen LogP contribution in [0.1, 0.15) is 162 Å². The Labute approximate surface area is 343 Å². The summed E-state index contributed by atoms with van der Waals surface area (Å²) in [6.45, 7) is 3.64. The molecule has 0 aliphatic carbocycles. The molecule has 0 radical (unpaired) electrons. The number of esters is 2. The van der Waals surface area contributed by atoms with E-state index in [0.717, 1.165) is 51.4 Å². The summed E-state index contributed by atoms with van der Waals surface area (Å²) in [7, 11) is 0. The van der Waals surface area contributed by atoms with Crippen molar-refractivity contribution >= 4 is 17.9 Å². The van der Waals surface area contributed by atoms with Gasteiger partial charge in [0, 0.05) is 12.8 Å². The summed E-state index contributed by atoms with van der Waals surface area (Å²) >= 11 is 0. The molecule has 1 rings (SSSR count). The quantitative estimate of drug-likeness (QED) is 0.0274. The first-order valence-corrected chi connectivity index (χ1v) is 21.8. The van der Waals surface area contributed by atoms with Gasteiger partial charge in [0.25, 0.3) is 0 Å². The maximum Gasteiger partial charge on any atom is 0.335 e. The number of aliphatic hydroxyl groups is 3. The van der Waals surface area contributed by atoms with Crippen LogP contribution in [-0.4, -0.2) is 88.4 Å². The first-order valence-electron chi connectivity index (χ1n) is 21.8. The van der Waals surface area contributed by atoms with Gasteiger partial charge in [0.05, 0.1) is 6.61 Å². The highest BCUT2D eigenvalue weighted by molar-refractivity contribution is 5.73. The number of unbranched alkanes of at least 4 members (excludes halogenated alkanes) is 14. The lowest BCUT2D eigenvalue weighted by Gasteiger charge is -2.38. The number of aliphatic carboxylic acids is 1. The Balaban J connectivity index is 2.43. The van der Waals surface area contributed by atoms with E-state index in [0.29, 0.717) is 19.3 Å². The SMILES string of the molecule is CC/C=C\C/C=C\C/C=C\C/C=C\C/C=C\CCCC(=O)OCC(COC1OC(C(=O)O)C(O)C(O)C1O)OC(=O)CCCCCCCCCCCCCCCC. The van der Waals surface area contributed by atoms with E-state index >= 15 is 0 Å². The molecule has 0 aromatic carbocycles. The number of carbonyl (C=O) groups is 3. The van der Waals surface area contributed by atoms with Gasteiger partial charge in [-0.2, -0.15) is 0 Å². The lowest BCUT2D eigenvalue weighted by atomic mass is 9.99. The second-order valence-corrected chi connectivity index (χ2v) is 14.8. The van der Waals surface area contributed by atoms with Gasteiger partial charge < -0.3 is 39.4 Å². The molecule has 11 nitrogen and oxygen atoms in total. The minimum Gasteiger partial charge on any atom is -0.479 e. The van der Waals surface area contributed by atoms with Crippen LogP contribution >= 0.6 is 0 Å². The maximum absolute atomic E-state index is 12.7. The van der Waals surface area contributed by atoms with Crippen LogP contribution < -0.4 is 0 Å². The average molecular weight is 805 g/mol. The van der Waals surface area contributed by atoms with Crippen LogP contribution in [0.4, 0.5) is 0 Å². The molecule has 0 amide bonds. The molecule has 57 heavy (non-hydrogen) atoms. The zero-order valence-electron chi connectivity index (χ0n) is 35.1. The van der Waals surface area contributed by atoms with Crippen LogP contribution in [0.2, 0.25) is 0 Å². The van der Waals surface area contributed by atoms with Crippen molar-refractivity contribution in [1.29, 1.82) is 0 Å². The van der Waals surface area contributed by atoms with Crippen molar-refractivity contribution in [1.82, 2.24) is 0 Å². The summed E-state index contributed by atoms with van der Waals surface area (Å²) in [6.07, 6.45) is 34.2. The van der Waals surface area contributed by atoms with Gasteiger partial charge in [-0.05, 0) is 51.4 Å². The van der Waals surface area contributed by atoms with Gasteiger partial charge in [0.1, 0.15) is 24.9 Å². The van der Waals surface area contributed by atoms with E-state index in [4.69, 9.17) is 18.9 Å². The Morgan fingerprint density at radius 3 is 1.54 bits per heavy atom. The number of allylic oxidation sites excluding steroid dienone is 10.